The van der Waals surface area contributed by atoms with Crippen molar-refractivity contribution in [1.82, 2.24) is 4.90 Å². The Hall–Kier alpha value is -2.76. The fourth-order valence-corrected chi connectivity index (χ4v) is 3.52. The van der Waals surface area contributed by atoms with Crippen LogP contribution < -0.4 is 10.1 Å². The van der Waals surface area contributed by atoms with Gasteiger partial charge in [-0.2, -0.15) is 0 Å². The van der Waals surface area contributed by atoms with Crippen LogP contribution in [0.25, 0.3) is 0 Å². The summed E-state index contributed by atoms with van der Waals surface area (Å²) in [6.07, 6.45) is 2.49. The third-order valence-electron chi connectivity index (χ3n) is 4.74. The van der Waals surface area contributed by atoms with Gasteiger partial charge < -0.3 is 19.4 Å². The molecule has 6 nitrogen and oxygen atoms in total. The van der Waals surface area contributed by atoms with Crippen LogP contribution in [0.15, 0.2) is 34.7 Å². The maximum atomic E-state index is 12.6. The number of nitrogens with one attached hydrogen (secondary N) is 1. The van der Waals surface area contributed by atoms with Crippen LogP contribution in [0.5, 0.6) is 5.75 Å². The van der Waals surface area contributed by atoms with Crippen LogP contribution in [0.2, 0.25) is 0 Å². The van der Waals surface area contributed by atoms with Gasteiger partial charge in [0, 0.05) is 18.7 Å². The Labute approximate surface area is 145 Å². The molecule has 2 aliphatic rings. The van der Waals surface area contributed by atoms with E-state index in [0.717, 1.165) is 42.1 Å². The van der Waals surface area contributed by atoms with Gasteiger partial charge >= 0.3 is 11.8 Å². The number of benzene rings is 1. The van der Waals surface area contributed by atoms with Crippen LogP contribution in [0.1, 0.15) is 36.0 Å². The fourth-order valence-electron chi connectivity index (χ4n) is 3.52. The van der Waals surface area contributed by atoms with E-state index in [4.69, 9.17) is 9.15 Å². The molecule has 0 spiro atoms. The van der Waals surface area contributed by atoms with E-state index in [1.807, 2.05) is 31.2 Å². The van der Waals surface area contributed by atoms with Crippen molar-refractivity contribution in [2.45, 2.75) is 32.2 Å². The summed E-state index contributed by atoms with van der Waals surface area (Å²) < 4.78 is 11.1. The molecule has 0 unspecified atom stereocenters. The molecule has 0 bridgehead atoms. The second-order valence-corrected chi connectivity index (χ2v) is 6.48. The molecule has 2 aliphatic heterocycles. The van der Waals surface area contributed by atoms with Crippen LogP contribution in [-0.4, -0.2) is 29.9 Å². The van der Waals surface area contributed by atoms with Gasteiger partial charge in [-0.3, -0.25) is 9.59 Å². The number of aryl methyl sites for hydroxylation is 1. The van der Waals surface area contributed by atoms with E-state index >= 15 is 0 Å². The van der Waals surface area contributed by atoms with Gasteiger partial charge in [0.15, 0.2) is 0 Å². The van der Waals surface area contributed by atoms with Gasteiger partial charge in [-0.25, -0.2) is 0 Å². The molecular formula is C19H20N2O4. The number of ether oxygens (including phenoxy) is 1. The van der Waals surface area contributed by atoms with Crippen molar-refractivity contribution in [3.63, 3.8) is 0 Å². The smallest absolute Gasteiger partial charge is 0.313 e. The van der Waals surface area contributed by atoms with Crippen LogP contribution in [-0.2, 0) is 16.0 Å². The zero-order chi connectivity index (χ0) is 17.4. The monoisotopic (exact) mass is 340 g/mol. The molecule has 25 heavy (non-hydrogen) atoms. The second-order valence-electron chi connectivity index (χ2n) is 6.48. The van der Waals surface area contributed by atoms with Crippen LogP contribution in [0.3, 0.4) is 0 Å². The Morgan fingerprint density at radius 3 is 2.92 bits per heavy atom. The minimum absolute atomic E-state index is 0.166. The third kappa shape index (κ3) is 2.99. The van der Waals surface area contributed by atoms with Gasteiger partial charge in [-0.1, -0.05) is 0 Å². The highest BCUT2D eigenvalue weighted by Gasteiger charge is 2.35. The van der Waals surface area contributed by atoms with Crippen LogP contribution >= 0.6 is 0 Å². The van der Waals surface area contributed by atoms with Crippen molar-refractivity contribution in [2.24, 2.45) is 0 Å². The van der Waals surface area contributed by atoms with Gasteiger partial charge in [0.1, 0.15) is 17.3 Å². The van der Waals surface area contributed by atoms with E-state index in [-0.39, 0.29) is 6.04 Å². The zero-order valence-electron chi connectivity index (χ0n) is 14.1. The minimum atomic E-state index is -0.617. The van der Waals surface area contributed by atoms with E-state index in [0.29, 0.717) is 18.8 Å². The molecule has 130 valence electrons. The predicted molar refractivity (Wildman–Crippen MR) is 91.4 cm³/mol. The van der Waals surface area contributed by atoms with Gasteiger partial charge in [-0.15, -0.1) is 0 Å². The number of fused-ring (bicyclic) bond motifs is 1. The van der Waals surface area contributed by atoms with Crippen molar-refractivity contribution in [3.05, 3.63) is 47.4 Å². The summed E-state index contributed by atoms with van der Waals surface area (Å²) in [6, 6.07) is 9.04. The summed E-state index contributed by atoms with van der Waals surface area (Å²) in [5, 5.41) is 2.71. The second kappa shape index (κ2) is 6.27. The first kappa shape index (κ1) is 15.7. The van der Waals surface area contributed by atoms with E-state index in [2.05, 4.69) is 5.32 Å². The molecule has 3 heterocycles. The van der Waals surface area contributed by atoms with Gasteiger partial charge in [0.05, 0.1) is 12.6 Å². The molecule has 1 aromatic carbocycles. The highest BCUT2D eigenvalue weighted by atomic mass is 16.5. The lowest BCUT2D eigenvalue weighted by molar-refractivity contribution is -0.144. The van der Waals surface area contributed by atoms with Crippen molar-refractivity contribution in [3.8, 4) is 5.75 Å². The molecule has 2 amide bonds. The van der Waals surface area contributed by atoms with Crippen molar-refractivity contribution >= 4 is 17.5 Å². The average Bonchev–Trinajstić information content (AvgIpc) is 3.33. The van der Waals surface area contributed by atoms with Crippen molar-refractivity contribution in [1.29, 1.82) is 0 Å². The number of likely N-dealkylation sites (tertiary alicyclic amines) is 1. The Morgan fingerprint density at radius 1 is 1.24 bits per heavy atom. The fraction of sp³-hybridized carbons (Fsp3) is 0.368. The van der Waals surface area contributed by atoms with Crippen molar-refractivity contribution in [2.75, 3.05) is 18.5 Å². The minimum Gasteiger partial charge on any atom is -0.493 e. The standard InChI is InChI=1S/C19H20N2O4/c1-12-4-6-17(25-12)15-3-2-9-21(15)19(23)18(22)20-14-5-7-16-13(11-14)8-10-24-16/h4-7,11,15H,2-3,8-10H2,1H3,(H,20,22)/t15-/m1/s1. The molecule has 1 atom stereocenters. The number of hydrogen-bond donors (Lipinski definition) is 1. The summed E-state index contributed by atoms with van der Waals surface area (Å²) in [5.41, 5.74) is 1.67. The number of rotatable bonds is 2. The first-order valence-corrected chi connectivity index (χ1v) is 8.56. The van der Waals surface area contributed by atoms with Crippen molar-refractivity contribution < 1.29 is 18.7 Å². The SMILES string of the molecule is Cc1ccc([C@H]2CCCN2C(=O)C(=O)Nc2ccc3c(c2)CCO3)o1. The lowest BCUT2D eigenvalue weighted by atomic mass is 10.1. The molecule has 0 aliphatic carbocycles. The maximum Gasteiger partial charge on any atom is 0.313 e. The Morgan fingerprint density at radius 2 is 2.12 bits per heavy atom. The lowest BCUT2D eigenvalue weighted by Crippen LogP contribution is -2.39. The van der Waals surface area contributed by atoms with E-state index in [1.54, 1.807) is 11.0 Å². The van der Waals surface area contributed by atoms with Gasteiger partial charge in [0.25, 0.3) is 0 Å². The summed E-state index contributed by atoms with van der Waals surface area (Å²) in [7, 11) is 0. The molecule has 4 rings (SSSR count). The Bertz CT molecular complexity index is 827. The van der Waals surface area contributed by atoms with E-state index < -0.39 is 11.8 Å². The molecule has 1 aromatic heterocycles. The molecule has 1 fully saturated rings. The molecule has 2 aromatic rings. The summed E-state index contributed by atoms with van der Waals surface area (Å²) in [6.45, 7) is 3.09. The molecule has 6 heteroatoms. The highest BCUT2D eigenvalue weighted by molar-refractivity contribution is 6.39. The largest absolute Gasteiger partial charge is 0.493 e. The van der Waals surface area contributed by atoms with Crippen LogP contribution in [0, 0.1) is 6.92 Å². The number of carbonyl (C=O) groups is 2. The van der Waals surface area contributed by atoms with Crippen LogP contribution in [0.4, 0.5) is 5.69 Å². The first-order valence-electron chi connectivity index (χ1n) is 8.56. The van der Waals surface area contributed by atoms with Gasteiger partial charge in [-0.05, 0) is 55.7 Å². The Kier molecular flexibility index (Phi) is 3.95. The average molecular weight is 340 g/mol. The number of anilines is 1. The topological polar surface area (TPSA) is 71.8 Å². The normalized spacial score (nSPS) is 18.8. The molecule has 0 radical (unpaired) electrons. The quantitative estimate of drug-likeness (QED) is 0.854. The molecule has 0 saturated carbocycles. The Balaban J connectivity index is 1.47. The lowest BCUT2D eigenvalue weighted by Gasteiger charge is -2.22. The van der Waals surface area contributed by atoms with E-state index in [9.17, 15) is 9.59 Å². The van der Waals surface area contributed by atoms with E-state index in [1.165, 1.54) is 0 Å². The molecule has 1 saturated heterocycles. The first-order chi connectivity index (χ1) is 12.1. The van der Waals surface area contributed by atoms with Gasteiger partial charge in [0.2, 0.25) is 0 Å². The molecular weight excluding hydrogens is 320 g/mol. The number of furan rings is 1. The summed E-state index contributed by atoms with van der Waals surface area (Å²) >= 11 is 0. The summed E-state index contributed by atoms with van der Waals surface area (Å²) in [5.74, 6) is 1.25. The number of nitrogens with zero attached hydrogens (tertiary/aromatic N) is 1. The highest BCUT2D eigenvalue weighted by Crippen LogP contribution is 2.33. The third-order valence-corrected chi connectivity index (χ3v) is 4.74. The maximum absolute atomic E-state index is 12.6. The number of carbonyl (C=O) groups excluding carboxylic acids is 2. The predicted octanol–water partition coefficient (Wildman–Crippen LogP) is 2.83. The number of hydrogen-bond acceptors (Lipinski definition) is 4. The number of amides is 2. The zero-order valence-corrected chi connectivity index (χ0v) is 14.1. The molecule has 1 N–H and O–H groups in total. The summed E-state index contributed by atoms with van der Waals surface area (Å²) in [4.78, 5) is 26.6.